The van der Waals surface area contributed by atoms with Crippen LogP contribution in [0.3, 0.4) is 0 Å². The molecule has 0 spiro atoms. The van der Waals surface area contributed by atoms with Crippen LogP contribution in [0.15, 0.2) is 69.9 Å². The summed E-state index contributed by atoms with van der Waals surface area (Å²) in [5, 5.41) is 0. The van der Waals surface area contributed by atoms with Crippen molar-refractivity contribution >= 4 is 17.0 Å². The van der Waals surface area contributed by atoms with Gasteiger partial charge in [0.15, 0.2) is 17.0 Å². The lowest BCUT2D eigenvalue weighted by Crippen LogP contribution is -2.32. The molecule has 4 rings (SSSR count). The average molecular weight is 432 g/mol. The van der Waals surface area contributed by atoms with Gasteiger partial charge in [-0.2, -0.15) is 0 Å². The average Bonchev–Trinajstić information content (AvgIpc) is 3.32. The van der Waals surface area contributed by atoms with E-state index in [1.165, 1.54) is 0 Å². The summed E-state index contributed by atoms with van der Waals surface area (Å²) in [7, 11) is 1.64. The second-order valence-electron chi connectivity index (χ2n) is 7.19. The molecule has 9 nitrogen and oxygen atoms in total. The number of aromatic nitrogens is 5. The largest absolute Gasteiger partial charge is 0.486 e. The Kier molecular flexibility index (Phi) is 6.54. The molecule has 0 aliphatic carbocycles. The van der Waals surface area contributed by atoms with Crippen molar-refractivity contribution in [3.8, 4) is 16.9 Å². The minimum Gasteiger partial charge on any atom is -0.486 e. The van der Waals surface area contributed by atoms with Gasteiger partial charge in [0.05, 0.1) is 6.33 Å². The predicted octanol–water partition coefficient (Wildman–Crippen LogP) is 2.92. The van der Waals surface area contributed by atoms with Crippen LogP contribution in [0.25, 0.3) is 22.3 Å². The number of imidazole rings is 1. The predicted molar refractivity (Wildman–Crippen MR) is 124 cm³/mol. The number of pyridine rings is 1. The van der Waals surface area contributed by atoms with E-state index in [4.69, 9.17) is 4.74 Å². The Morgan fingerprint density at radius 3 is 2.59 bits per heavy atom. The number of aromatic amines is 2. The van der Waals surface area contributed by atoms with Gasteiger partial charge in [-0.1, -0.05) is 25.5 Å². The smallest absolute Gasteiger partial charge is 0.328 e. The molecule has 0 fully saturated rings. The lowest BCUT2D eigenvalue weighted by molar-refractivity contribution is 0.375. The van der Waals surface area contributed by atoms with Crippen LogP contribution in [0.4, 0.5) is 0 Å². The lowest BCUT2D eigenvalue weighted by Gasteiger charge is -2.08. The summed E-state index contributed by atoms with van der Waals surface area (Å²) in [6, 6.07) is 11.7. The first-order valence-electron chi connectivity index (χ1n) is 10.5. The third kappa shape index (κ3) is 4.66. The van der Waals surface area contributed by atoms with Crippen LogP contribution in [-0.2, 0) is 6.54 Å². The van der Waals surface area contributed by atoms with E-state index in [-0.39, 0.29) is 12.3 Å². The van der Waals surface area contributed by atoms with E-state index in [1.807, 2.05) is 36.4 Å². The maximum atomic E-state index is 12.6. The molecule has 9 heteroatoms. The molecule has 3 heterocycles. The number of H-pyrrole nitrogens is 2. The van der Waals surface area contributed by atoms with Crippen LogP contribution in [0.5, 0.6) is 5.75 Å². The fourth-order valence-electron chi connectivity index (χ4n) is 3.31. The molecule has 2 N–H and O–H groups in total. The molecule has 164 valence electrons. The van der Waals surface area contributed by atoms with E-state index in [9.17, 15) is 4.79 Å². The summed E-state index contributed by atoms with van der Waals surface area (Å²) < 4.78 is 7.49. The van der Waals surface area contributed by atoms with E-state index in [0.717, 1.165) is 24.0 Å². The number of nitrogens with zero attached hydrogens (tertiary/aromatic N) is 5. The third-order valence-corrected chi connectivity index (χ3v) is 5.05. The summed E-state index contributed by atoms with van der Waals surface area (Å²) in [6.45, 7) is 2.84. The first-order valence-corrected chi connectivity index (χ1v) is 10.5. The van der Waals surface area contributed by atoms with Crippen molar-refractivity contribution in [3.63, 3.8) is 0 Å². The molecule has 0 aliphatic rings. The summed E-state index contributed by atoms with van der Waals surface area (Å²) in [5.74, 6) is 1.14. The van der Waals surface area contributed by atoms with E-state index < -0.39 is 0 Å². The van der Waals surface area contributed by atoms with Gasteiger partial charge < -0.3 is 9.72 Å². The minimum absolute atomic E-state index is 0.160. The quantitative estimate of drug-likeness (QED) is 0.346. The standard InChI is InChI=1S/C23H25N7O2/c1-3-4-13-30-22-20(26-15-27-22)21(29-23(30)31)28-19(24-2)14-32-18-7-5-16(6-8-18)17-9-11-25-12-10-17/h5-12,15H,3-4,13-14H2,1-2H3,(H,26,27)(H,24,28,29,31). The molecule has 0 bridgehead atoms. The number of ether oxygens (including phenoxy) is 1. The van der Waals surface area contributed by atoms with E-state index in [0.29, 0.717) is 34.8 Å². The van der Waals surface area contributed by atoms with Gasteiger partial charge in [-0.15, -0.1) is 0 Å². The summed E-state index contributed by atoms with van der Waals surface area (Å²) >= 11 is 0. The number of benzene rings is 1. The van der Waals surface area contributed by atoms with Crippen molar-refractivity contribution in [2.45, 2.75) is 26.3 Å². The number of aryl methyl sites for hydroxylation is 1. The first kappa shape index (κ1) is 21.2. The first-order chi connectivity index (χ1) is 15.7. The molecule has 0 amide bonds. The number of amidine groups is 1. The topological polar surface area (TPSA) is 113 Å². The van der Waals surface area contributed by atoms with Crippen molar-refractivity contribution in [2.24, 2.45) is 9.98 Å². The number of hydrogen-bond acceptors (Lipinski definition) is 5. The SMILES string of the molecule is CCCCn1c(=O)[nH]/c(=N\C(COc2ccc(-c3ccncc3)cc2)=N/C)c2[nH]cnc21. The monoisotopic (exact) mass is 431 g/mol. The highest BCUT2D eigenvalue weighted by Gasteiger charge is 2.09. The number of unbranched alkanes of at least 4 members (excludes halogenated alkanes) is 1. The zero-order valence-corrected chi connectivity index (χ0v) is 18.1. The maximum Gasteiger partial charge on any atom is 0.328 e. The highest BCUT2D eigenvalue weighted by Crippen LogP contribution is 2.21. The van der Waals surface area contributed by atoms with Gasteiger partial charge >= 0.3 is 5.69 Å². The minimum atomic E-state index is -0.250. The molecule has 0 unspecified atom stereocenters. The van der Waals surface area contributed by atoms with E-state index >= 15 is 0 Å². The third-order valence-electron chi connectivity index (χ3n) is 5.05. The molecule has 0 radical (unpaired) electrons. The maximum absolute atomic E-state index is 12.6. The summed E-state index contributed by atoms with van der Waals surface area (Å²) in [4.78, 5) is 35.5. The summed E-state index contributed by atoms with van der Waals surface area (Å²) in [6.07, 6.45) is 6.96. The van der Waals surface area contributed by atoms with Crippen molar-refractivity contribution < 1.29 is 4.74 Å². The number of hydrogen-bond donors (Lipinski definition) is 2. The fourth-order valence-corrected chi connectivity index (χ4v) is 3.31. The number of rotatable bonds is 7. The molecule has 3 aromatic heterocycles. The molecular weight excluding hydrogens is 406 g/mol. The molecule has 0 atom stereocenters. The van der Waals surface area contributed by atoms with Crippen LogP contribution >= 0.6 is 0 Å². The van der Waals surface area contributed by atoms with Crippen molar-refractivity contribution in [2.75, 3.05) is 13.7 Å². The van der Waals surface area contributed by atoms with Gasteiger partial charge in [0.1, 0.15) is 17.9 Å². The normalized spacial score (nSPS) is 12.4. The van der Waals surface area contributed by atoms with Gasteiger partial charge in [0, 0.05) is 26.0 Å². The van der Waals surface area contributed by atoms with Crippen LogP contribution < -0.4 is 15.9 Å². The van der Waals surface area contributed by atoms with E-state index in [1.54, 1.807) is 30.3 Å². The van der Waals surface area contributed by atoms with Crippen LogP contribution in [0.2, 0.25) is 0 Å². The van der Waals surface area contributed by atoms with Crippen LogP contribution in [-0.4, -0.2) is 44.0 Å². The zero-order valence-electron chi connectivity index (χ0n) is 18.1. The Labute approximate surface area is 184 Å². The fraction of sp³-hybridized carbons (Fsp3) is 0.261. The van der Waals surface area contributed by atoms with Gasteiger partial charge in [0.2, 0.25) is 0 Å². The van der Waals surface area contributed by atoms with Gasteiger partial charge in [-0.25, -0.2) is 14.8 Å². The highest BCUT2D eigenvalue weighted by atomic mass is 16.5. The Morgan fingerprint density at radius 2 is 1.88 bits per heavy atom. The molecule has 1 aromatic carbocycles. The zero-order chi connectivity index (χ0) is 22.3. The van der Waals surface area contributed by atoms with Gasteiger partial charge in [-0.05, 0) is 41.8 Å². The molecule has 4 aromatic rings. The van der Waals surface area contributed by atoms with Crippen molar-refractivity contribution in [1.29, 1.82) is 0 Å². The Morgan fingerprint density at radius 1 is 1.12 bits per heavy atom. The second-order valence-corrected chi connectivity index (χ2v) is 7.19. The Balaban J connectivity index is 1.53. The number of nitrogens with one attached hydrogen (secondary N) is 2. The van der Waals surface area contributed by atoms with Gasteiger partial charge in [-0.3, -0.25) is 19.5 Å². The highest BCUT2D eigenvalue weighted by molar-refractivity contribution is 5.85. The van der Waals surface area contributed by atoms with Crippen molar-refractivity contribution in [3.05, 3.63) is 71.1 Å². The molecule has 0 saturated heterocycles. The molecule has 0 aliphatic heterocycles. The summed E-state index contributed by atoms with van der Waals surface area (Å²) in [5.41, 5.74) is 3.53. The molecule has 0 saturated carbocycles. The number of aliphatic imine (C=N–C) groups is 1. The second kappa shape index (κ2) is 9.86. The molecular formula is C23H25N7O2. The lowest BCUT2D eigenvalue weighted by atomic mass is 10.1. The Bertz CT molecular complexity index is 1330. The number of fused-ring (bicyclic) bond motifs is 1. The van der Waals surface area contributed by atoms with Crippen molar-refractivity contribution in [1.82, 2.24) is 24.5 Å². The van der Waals surface area contributed by atoms with E-state index in [2.05, 4.69) is 36.8 Å². The molecule has 32 heavy (non-hydrogen) atoms. The Hall–Kier alpha value is -4.01. The van der Waals surface area contributed by atoms with Crippen LogP contribution in [0, 0.1) is 0 Å². The van der Waals surface area contributed by atoms with Gasteiger partial charge in [0.25, 0.3) is 0 Å². The van der Waals surface area contributed by atoms with Crippen LogP contribution in [0.1, 0.15) is 19.8 Å².